The number of carboxylic acid groups (broad SMARTS) is 1. The quantitative estimate of drug-likeness (QED) is 0.338. The minimum Gasteiger partial charge on any atom is -0.476 e. The number of carboxylic acids is 1. The topological polar surface area (TPSA) is 133 Å². The van der Waals surface area contributed by atoms with Crippen molar-refractivity contribution in [3.05, 3.63) is 82.0 Å². The number of nitro groups is 1. The molecule has 0 aliphatic carbocycles. The summed E-state index contributed by atoms with van der Waals surface area (Å²) in [6.07, 6.45) is 1.48. The van der Waals surface area contributed by atoms with Gasteiger partial charge in [-0.1, -0.05) is 6.07 Å². The molecule has 0 aliphatic heterocycles. The largest absolute Gasteiger partial charge is 0.476 e. The van der Waals surface area contributed by atoms with E-state index in [2.05, 4.69) is 15.1 Å². The zero-order valence-corrected chi connectivity index (χ0v) is 17.4. The smallest absolute Gasteiger partial charge is 0.357 e. The molecule has 0 amide bonds. The number of benzene rings is 2. The van der Waals surface area contributed by atoms with Crippen molar-refractivity contribution in [2.24, 2.45) is 7.05 Å². The van der Waals surface area contributed by atoms with Gasteiger partial charge in [0.25, 0.3) is 5.69 Å². The molecule has 2 aromatic heterocycles. The lowest BCUT2D eigenvalue weighted by Gasteiger charge is -2.10. The number of aromatic carboxylic acids is 1. The first kappa shape index (κ1) is 21.6. The maximum absolute atomic E-state index is 14.9. The van der Waals surface area contributed by atoms with Crippen LogP contribution in [0.2, 0.25) is 0 Å². The summed E-state index contributed by atoms with van der Waals surface area (Å²) >= 11 is 0. The van der Waals surface area contributed by atoms with E-state index in [0.29, 0.717) is 17.0 Å². The minimum absolute atomic E-state index is 0.0270. The van der Waals surface area contributed by atoms with Gasteiger partial charge in [-0.25, -0.2) is 19.2 Å². The lowest BCUT2D eigenvalue weighted by atomic mass is 9.98. The Bertz CT molecular complexity index is 1380. The summed E-state index contributed by atoms with van der Waals surface area (Å²) in [6, 6.07) is 11.2. The van der Waals surface area contributed by atoms with Crippen molar-refractivity contribution in [1.82, 2.24) is 19.7 Å². The molecular weight excluding hydrogens is 433 g/mol. The SMILES string of the molecule is Cc1ccnc(Oc2ccc(-c3c(C(=O)O)nn(C)c3-c3ccc([N+](=O)[O-])cc3)cc2F)n1. The zero-order valence-electron chi connectivity index (χ0n) is 17.4. The third-order valence-electron chi connectivity index (χ3n) is 4.80. The summed E-state index contributed by atoms with van der Waals surface area (Å²) in [5.74, 6) is -2.20. The maximum Gasteiger partial charge on any atom is 0.357 e. The van der Waals surface area contributed by atoms with Crippen molar-refractivity contribution in [2.75, 3.05) is 0 Å². The minimum atomic E-state index is -1.30. The monoisotopic (exact) mass is 449 g/mol. The van der Waals surface area contributed by atoms with E-state index in [1.807, 2.05) is 0 Å². The van der Waals surface area contributed by atoms with Crippen molar-refractivity contribution < 1.29 is 24.0 Å². The van der Waals surface area contributed by atoms with Gasteiger partial charge in [0.2, 0.25) is 0 Å². The molecule has 10 nitrogen and oxygen atoms in total. The average Bonchev–Trinajstić information content (AvgIpc) is 3.12. The summed E-state index contributed by atoms with van der Waals surface area (Å²) in [6.45, 7) is 1.74. The second-order valence-corrected chi connectivity index (χ2v) is 7.03. The Hall–Kier alpha value is -4.67. The number of halogens is 1. The van der Waals surface area contributed by atoms with Gasteiger partial charge >= 0.3 is 12.0 Å². The maximum atomic E-state index is 14.9. The van der Waals surface area contributed by atoms with E-state index >= 15 is 0 Å². The molecule has 0 unspecified atom stereocenters. The van der Waals surface area contributed by atoms with E-state index < -0.39 is 16.7 Å². The van der Waals surface area contributed by atoms with Crippen LogP contribution in [0.3, 0.4) is 0 Å². The van der Waals surface area contributed by atoms with Crippen molar-refractivity contribution in [2.45, 2.75) is 6.92 Å². The highest BCUT2D eigenvalue weighted by atomic mass is 19.1. The number of carbonyl (C=O) groups is 1. The third kappa shape index (κ3) is 4.24. The van der Waals surface area contributed by atoms with Gasteiger partial charge < -0.3 is 9.84 Å². The van der Waals surface area contributed by atoms with E-state index in [-0.39, 0.29) is 34.3 Å². The molecule has 0 spiro atoms. The van der Waals surface area contributed by atoms with Gasteiger partial charge in [-0.15, -0.1) is 0 Å². The molecule has 0 aliphatic rings. The van der Waals surface area contributed by atoms with Crippen LogP contribution < -0.4 is 4.74 Å². The Balaban J connectivity index is 1.80. The summed E-state index contributed by atoms with van der Waals surface area (Å²) < 4.78 is 21.7. The van der Waals surface area contributed by atoms with Crippen LogP contribution in [-0.2, 0) is 7.05 Å². The number of nitro benzene ring substituents is 1. The number of rotatable bonds is 6. The van der Waals surface area contributed by atoms with E-state index in [9.17, 15) is 24.4 Å². The van der Waals surface area contributed by atoms with Crippen LogP contribution in [0.25, 0.3) is 22.4 Å². The van der Waals surface area contributed by atoms with Gasteiger partial charge in [0.1, 0.15) is 0 Å². The van der Waals surface area contributed by atoms with Gasteiger partial charge in [-0.3, -0.25) is 14.8 Å². The lowest BCUT2D eigenvalue weighted by Crippen LogP contribution is -2.01. The summed E-state index contributed by atoms with van der Waals surface area (Å²) in [7, 11) is 1.54. The van der Waals surface area contributed by atoms with Crippen LogP contribution in [0.4, 0.5) is 10.1 Å². The molecule has 0 fully saturated rings. The molecule has 2 aromatic carbocycles. The molecule has 11 heteroatoms. The number of non-ortho nitro benzene ring substituents is 1. The van der Waals surface area contributed by atoms with Crippen LogP contribution in [0.15, 0.2) is 54.7 Å². The predicted octanol–water partition coefficient (Wildman–Crippen LogP) is 4.39. The van der Waals surface area contributed by atoms with E-state index in [1.54, 1.807) is 13.0 Å². The summed E-state index contributed by atoms with van der Waals surface area (Å²) in [5, 5.41) is 24.7. The predicted molar refractivity (Wildman–Crippen MR) is 114 cm³/mol. The van der Waals surface area contributed by atoms with Gasteiger partial charge in [0.05, 0.1) is 10.6 Å². The van der Waals surface area contributed by atoms with Crippen LogP contribution >= 0.6 is 0 Å². The highest BCUT2D eigenvalue weighted by Crippen LogP contribution is 2.37. The van der Waals surface area contributed by atoms with Gasteiger partial charge in [0, 0.05) is 42.2 Å². The van der Waals surface area contributed by atoms with Crippen molar-refractivity contribution in [1.29, 1.82) is 0 Å². The fraction of sp³-hybridized carbons (Fsp3) is 0.0909. The number of aryl methyl sites for hydroxylation is 2. The first-order chi connectivity index (χ1) is 15.7. The Morgan fingerprint density at radius 3 is 2.45 bits per heavy atom. The average molecular weight is 449 g/mol. The molecule has 0 bridgehead atoms. The molecule has 0 saturated heterocycles. The fourth-order valence-electron chi connectivity index (χ4n) is 3.33. The molecule has 166 valence electrons. The van der Waals surface area contributed by atoms with Gasteiger partial charge in [-0.2, -0.15) is 5.10 Å². The molecule has 4 rings (SSSR count). The second-order valence-electron chi connectivity index (χ2n) is 7.03. The number of hydrogen-bond donors (Lipinski definition) is 1. The van der Waals surface area contributed by atoms with Crippen molar-refractivity contribution >= 4 is 11.7 Å². The highest BCUT2D eigenvalue weighted by molar-refractivity contribution is 5.99. The first-order valence-corrected chi connectivity index (χ1v) is 9.57. The third-order valence-corrected chi connectivity index (χ3v) is 4.80. The van der Waals surface area contributed by atoms with E-state index in [1.165, 1.54) is 54.3 Å². The first-order valence-electron chi connectivity index (χ1n) is 9.57. The lowest BCUT2D eigenvalue weighted by molar-refractivity contribution is -0.384. The number of nitrogens with zero attached hydrogens (tertiary/aromatic N) is 5. The van der Waals surface area contributed by atoms with Gasteiger partial charge in [-0.05, 0) is 42.8 Å². The molecule has 0 saturated carbocycles. The van der Waals surface area contributed by atoms with Crippen LogP contribution in [0.1, 0.15) is 16.2 Å². The Labute approximate surface area is 186 Å². The van der Waals surface area contributed by atoms with Gasteiger partial charge in [0.15, 0.2) is 17.3 Å². The van der Waals surface area contributed by atoms with Crippen LogP contribution in [0, 0.1) is 22.9 Å². The van der Waals surface area contributed by atoms with Crippen molar-refractivity contribution in [3.63, 3.8) is 0 Å². The van der Waals surface area contributed by atoms with Crippen molar-refractivity contribution in [3.8, 4) is 34.1 Å². The zero-order chi connectivity index (χ0) is 23.7. The van der Waals surface area contributed by atoms with E-state index in [0.717, 1.165) is 6.07 Å². The Morgan fingerprint density at radius 1 is 1.15 bits per heavy atom. The standard InChI is InChI=1S/C22H16FN5O5/c1-12-9-10-24-22(25-12)33-17-8-5-14(11-16(17)23)18-19(21(29)30)26-27(2)20(18)13-3-6-15(7-4-13)28(31)32/h3-11H,1-2H3,(H,29,30). The fourth-order valence-corrected chi connectivity index (χ4v) is 3.33. The molecular formula is C22H16FN5O5. The van der Waals surface area contributed by atoms with Crippen LogP contribution in [-0.4, -0.2) is 35.7 Å². The second kappa shape index (κ2) is 8.46. The number of hydrogen-bond acceptors (Lipinski definition) is 7. The molecule has 4 aromatic rings. The number of ether oxygens (including phenoxy) is 1. The number of aromatic nitrogens is 4. The Morgan fingerprint density at radius 2 is 1.85 bits per heavy atom. The normalized spacial score (nSPS) is 10.8. The van der Waals surface area contributed by atoms with E-state index in [4.69, 9.17) is 4.74 Å². The molecule has 1 N–H and O–H groups in total. The van der Waals surface area contributed by atoms with Crippen LogP contribution in [0.5, 0.6) is 11.8 Å². The summed E-state index contributed by atoms with van der Waals surface area (Å²) in [5.41, 5.74) is 1.48. The molecule has 0 radical (unpaired) electrons. The highest BCUT2D eigenvalue weighted by Gasteiger charge is 2.25. The molecule has 2 heterocycles. The molecule has 0 atom stereocenters. The summed E-state index contributed by atoms with van der Waals surface area (Å²) in [4.78, 5) is 30.3. The molecule has 33 heavy (non-hydrogen) atoms. The Kier molecular flexibility index (Phi) is 5.53.